The Balaban J connectivity index is 1.50. The minimum absolute atomic E-state index is 0.138. The second kappa shape index (κ2) is 8.88. The van der Waals surface area contributed by atoms with E-state index < -0.39 is 0 Å². The van der Waals surface area contributed by atoms with Crippen molar-refractivity contribution in [2.45, 2.75) is 33.1 Å². The van der Waals surface area contributed by atoms with Crippen molar-refractivity contribution in [1.82, 2.24) is 4.90 Å². The molecule has 0 unspecified atom stereocenters. The van der Waals surface area contributed by atoms with Gasteiger partial charge in [0.1, 0.15) is 5.75 Å². The van der Waals surface area contributed by atoms with Crippen LogP contribution in [0.2, 0.25) is 0 Å². The number of rotatable bonds is 6. The van der Waals surface area contributed by atoms with Crippen LogP contribution in [0.25, 0.3) is 0 Å². The summed E-state index contributed by atoms with van der Waals surface area (Å²) in [6, 6.07) is 18.2. The standard InChI is InChI=1S/C23H29NO2/c1-18(2)17-26-22-10-8-21(9-11-22)23(25)24-14-12-20(13-15-24)16-19-6-4-3-5-7-19/h3-11,18,20H,12-17H2,1-2H3. The van der Waals surface area contributed by atoms with Gasteiger partial charge in [-0.2, -0.15) is 0 Å². The fourth-order valence-corrected chi connectivity index (χ4v) is 3.43. The highest BCUT2D eigenvalue weighted by molar-refractivity contribution is 5.94. The van der Waals surface area contributed by atoms with Crippen molar-refractivity contribution in [2.24, 2.45) is 11.8 Å². The summed E-state index contributed by atoms with van der Waals surface area (Å²) >= 11 is 0. The molecule has 0 aliphatic carbocycles. The number of hydrogen-bond acceptors (Lipinski definition) is 2. The van der Waals surface area contributed by atoms with E-state index in [4.69, 9.17) is 4.74 Å². The molecule has 1 saturated heterocycles. The lowest BCUT2D eigenvalue weighted by Gasteiger charge is -2.32. The van der Waals surface area contributed by atoms with Crippen LogP contribution in [0.5, 0.6) is 5.75 Å². The Labute approximate surface area is 157 Å². The Kier molecular flexibility index (Phi) is 6.32. The van der Waals surface area contributed by atoms with Gasteiger partial charge in [0.25, 0.3) is 5.91 Å². The molecular weight excluding hydrogens is 322 g/mol. The summed E-state index contributed by atoms with van der Waals surface area (Å²) in [6.07, 6.45) is 3.27. The van der Waals surface area contributed by atoms with Crippen LogP contribution in [0, 0.1) is 11.8 Å². The van der Waals surface area contributed by atoms with E-state index in [2.05, 4.69) is 44.2 Å². The number of piperidine rings is 1. The topological polar surface area (TPSA) is 29.5 Å². The average molecular weight is 351 g/mol. The summed E-state index contributed by atoms with van der Waals surface area (Å²) in [5, 5.41) is 0. The molecular formula is C23H29NO2. The first-order valence-electron chi connectivity index (χ1n) is 9.68. The lowest BCUT2D eigenvalue weighted by atomic mass is 9.90. The molecule has 0 saturated carbocycles. The largest absolute Gasteiger partial charge is 0.493 e. The third kappa shape index (κ3) is 5.10. The second-order valence-electron chi connectivity index (χ2n) is 7.65. The van der Waals surface area contributed by atoms with Gasteiger partial charge in [-0.15, -0.1) is 0 Å². The van der Waals surface area contributed by atoms with E-state index in [1.165, 1.54) is 5.56 Å². The minimum atomic E-state index is 0.138. The third-order valence-electron chi connectivity index (χ3n) is 4.95. The van der Waals surface area contributed by atoms with Crippen molar-refractivity contribution in [1.29, 1.82) is 0 Å². The van der Waals surface area contributed by atoms with Gasteiger partial charge in [-0.1, -0.05) is 44.2 Å². The maximum absolute atomic E-state index is 12.7. The molecule has 2 aromatic carbocycles. The van der Waals surface area contributed by atoms with Crippen molar-refractivity contribution in [3.8, 4) is 5.75 Å². The van der Waals surface area contributed by atoms with Gasteiger partial charge in [0.15, 0.2) is 0 Å². The summed E-state index contributed by atoms with van der Waals surface area (Å²) in [6.45, 7) is 6.64. The van der Waals surface area contributed by atoms with Crippen molar-refractivity contribution in [3.63, 3.8) is 0 Å². The Hall–Kier alpha value is -2.29. The van der Waals surface area contributed by atoms with E-state index in [9.17, 15) is 4.79 Å². The zero-order valence-corrected chi connectivity index (χ0v) is 15.9. The third-order valence-corrected chi connectivity index (χ3v) is 4.95. The Bertz CT molecular complexity index is 686. The molecule has 0 bridgehead atoms. The molecule has 0 N–H and O–H groups in total. The van der Waals surface area contributed by atoms with Crippen LogP contribution in [-0.2, 0) is 6.42 Å². The summed E-state index contributed by atoms with van der Waals surface area (Å²) in [7, 11) is 0. The number of ether oxygens (including phenoxy) is 1. The SMILES string of the molecule is CC(C)COc1ccc(C(=O)N2CCC(Cc3ccccc3)CC2)cc1. The van der Waals surface area contributed by atoms with Crippen LogP contribution < -0.4 is 4.74 Å². The fraction of sp³-hybridized carbons (Fsp3) is 0.435. The molecule has 0 radical (unpaired) electrons. The van der Waals surface area contributed by atoms with Gasteiger partial charge >= 0.3 is 0 Å². The van der Waals surface area contributed by atoms with Crippen LogP contribution in [-0.4, -0.2) is 30.5 Å². The molecule has 0 aromatic heterocycles. The van der Waals surface area contributed by atoms with Crippen LogP contribution in [0.3, 0.4) is 0 Å². The predicted molar refractivity (Wildman–Crippen MR) is 106 cm³/mol. The lowest BCUT2D eigenvalue weighted by molar-refractivity contribution is 0.0690. The molecule has 0 atom stereocenters. The summed E-state index contributed by atoms with van der Waals surface area (Å²) in [4.78, 5) is 14.7. The number of hydrogen-bond donors (Lipinski definition) is 0. The first-order valence-corrected chi connectivity index (χ1v) is 9.68. The molecule has 1 amide bonds. The second-order valence-corrected chi connectivity index (χ2v) is 7.65. The molecule has 3 heteroatoms. The Morgan fingerprint density at radius 3 is 2.31 bits per heavy atom. The quantitative estimate of drug-likeness (QED) is 0.747. The fourth-order valence-electron chi connectivity index (χ4n) is 3.43. The van der Waals surface area contributed by atoms with Gasteiger partial charge < -0.3 is 9.64 Å². The summed E-state index contributed by atoms with van der Waals surface area (Å²) < 4.78 is 5.69. The van der Waals surface area contributed by atoms with E-state index in [1.54, 1.807) is 0 Å². The number of carbonyl (C=O) groups is 1. The predicted octanol–water partition coefficient (Wildman–Crippen LogP) is 4.82. The number of likely N-dealkylation sites (tertiary alicyclic amines) is 1. The van der Waals surface area contributed by atoms with Crippen LogP contribution in [0.4, 0.5) is 0 Å². The number of amides is 1. The van der Waals surface area contributed by atoms with E-state index >= 15 is 0 Å². The Morgan fingerprint density at radius 1 is 1.04 bits per heavy atom. The highest BCUT2D eigenvalue weighted by atomic mass is 16.5. The Morgan fingerprint density at radius 2 is 1.69 bits per heavy atom. The minimum Gasteiger partial charge on any atom is -0.493 e. The average Bonchev–Trinajstić information content (AvgIpc) is 2.68. The molecule has 3 nitrogen and oxygen atoms in total. The van der Waals surface area contributed by atoms with Gasteiger partial charge in [-0.25, -0.2) is 0 Å². The van der Waals surface area contributed by atoms with E-state index in [-0.39, 0.29) is 5.91 Å². The number of benzene rings is 2. The van der Waals surface area contributed by atoms with Gasteiger partial charge in [0.2, 0.25) is 0 Å². The van der Waals surface area contributed by atoms with Gasteiger partial charge in [-0.05, 0) is 60.9 Å². The summed E-state index contributed by atoms with van der Waals surface area (Å²) in [5.41, 5.74) is 2.15. The lowest BCUT2D eigenvalue weighted by Crippen LogP contribution is -2.38. The van der Waals surface area contributed by atoms with Crippen molar-refractivity contribution in [3.05, 3.63) is 65.7 Å². The molecule has 3 rings (SSSR count). The molecule has 1 heterocycles. The van der Waals surface area contributed by atoms with Gasteiger partial charge in [0.05, 0.1) is 6.61 Å². The van der Waals surface area contributed by atoms with Gasteiger partial charge in [-0.3, -0.25) is 4.79 Å². The number of carbonyl (C=O) groups excluding carboxylic acids is 1. The molecule has 1 aliphatic rings. The van der Waals surface area contributed by atoms with Crippen LogP contribution in [0.1, 0.15) is 42.6 Å². The maximum Gasteiger partial charge on any atom is 0.253 e. The zero-order valence-electron chi connectivity index (χ0n) is 15.9. The first-order chi connectivity index (χ1) is 12.6. The van der Waals surface area contributed by atoms with Crippen LogP contribution in [0.15, 0.2) is 54.6 Å². The zero-order chi connectivity index (χ0) is 18.4. The highest BCUT2D eigenvalue weighted by Gasteiger charge is 2.23. The van der Waals surface area contributed by atoms with Crippen molar-refractivity contribution < 1.29 is 9.53 Å². The van der Waals surface area contributed by atoms with Crippen LogP contribution >= 0.6 is 0 Å². The van der Waals surface area contributed by atoms with Crippen molar-refractivity contribution >= 4 is 5.91 Å². The molecule has 26 heavy (non-hydrogen) atoms. The molecule has 0 spiro atoms. The smallest absolute Gasteiger partial charge is 0.253 e. The number of nitrogens with zero attached hydrogens (tertiary/aromatic N) is 1. The monoisotopic (exact) mass is 351 g/mol. The molecule has 1 aliphatic heterocycles. The van der Waals surface area contributed by atoms with E-state index in [0.29, 0.717) is 18.4 Å². The van der Waals surface area contributed by atoms with E-state index in [0.717, 1.165) is 43.7 Å². The normalized spacial score (nSPS) is 15.3. The highest BCUT2D eigenvalue weighted by Crippen LogP contribution is 2.23. The first kappa shape index (κ1) is 18.5. The van der Waals surface area contributed by atoms with Gasteiger partial charge in [0, 0.05) is 18.7 Å². The molecule has 1 fully saturated rings. The molecule has 2 aromatic rings. The maximum atomic E-state index is 12.7. The molecule has 138 valence electrons. The van der Waals surface area contributed by atoms with Crippen molar-refractivity contribution in [2.75, 3.05) is 19.7 Å². The summed E-state index contributed by atoms with van der Waals surface area (Å²) in [5.74, 6) is 2.14. The van der Waals surface area contributed by atoms with E-state index in [1.807, 2.05) is 29.2 Å².